The van der Waals surface area contributed by atoms with Crippen molar-refractivity contribution in [3.8, 4) is 0 Å². The number of amides is 1. The van der Waals surface area contributed by atoms with E-state index in [4.69, 9.17) is 11.6 Å². The molecule has 0 aliphatic rings. The van der Waals surface area contributed by atoms with Gasteiger partial charge in [-0.05, 0) is 30.7 Å². The molecule has 0 saturated heterocycles. The summed E-state index contributed by atoms with van der Waals surface area (Å²) in [7, 11) is 0. The highest BCUT2D eigenvalue weighted by Crippen LogP contribution is 2.22. The van der Waals surface area contributed by atoms with E-state index in [1.807, 2.05) is 6.92 Å². The number of carbonyl (C=O) groups is 1. The van der Waals surface area contributed by atoms with Crippen LogP contribution in [0, 0.1) is 6.92 Å². The molecule has 0 saturated carbocycles. The predicted molar refractivity (Wildman–Crippen MR) is 55.0 cm³/mol. The molecule has 0 atom stereocenters. The molecule has 0 aromatic heterocycles. The monoisotopic (exact) mass is 195 g/mol. The van der Waals surface area contributed by atoms with E-state index < -0.39 is 0 Å². The molecule has 1 aromatic carbocycles. The average Bonchev–Trinajstić information content (AvgIpc) is 2.13. The van der Waals surface area contributed by atoms with Gasteiger partial charge in [-0.15, -0.1) is 0 Å². The highest BCUT2D eigenvalue weighted by Gasteiger charge is 2.02. The Hall–Kier alpha value is -1.28. The van der Waals surface area contributed by atoms with Crippen molar-refractivity contribution in [1.29, 1.82) is 0 Å². The first-order valence-corrected chi connectivity index (χ1v) is 4.21. The van der Waals surface area contributed by atoms with Gasteiger partial charge in [-0.1, -0.05) is 24.2 Å². The highest BCUT2D eigenvalue weighted by atomic mass is 35.5. The lowest BCUT2D eigenvalue weighted by Crippen LogP contribution is -2.08. The van der Waals surface area contributed by atoms with Crippen LogP contribution in [-0.2, 0) is 4.79 Å². The molecular formula is C10H10ClNO. The predicted octanol–water partition coefficient (Wildman–Crippen LogP) is 2.77. The van der Waals surface area contributed by atoms with Gasteiger partial charge in [-0.2, -0.15) is 0 Å². The second kappa shape index (κ2) is 4.10. The standard InChI is InChI=1S/C10H10ClNO/c1-3-10(13)12-9-6-4-5-8(11)7(9)2/h3-6H,1H2,2H3,(H,12,13). The van der Waals surface area contributed by atoms with Crippen LogP contribution in [0.1, 0.15) is 5.56 Å². The number of hydrogen-bond donors (Lipinski definition) is 1. The molecule has 0 aliphatic carbocycles. The third kappa shape index (κ3) is 2.33. The van der Waals surface area contributed by atoms with Crippen LogP contribution < -0.4 is 5.32 Å². The Balaban J connectivity index is 2.95. The summed E-state index contributed by atoms with van der Waals surface area (Å²) in [4.78, 5) is 11.0. The van der Waals surface area contributed by atoms with Crippen molar-refractivity contribution in [3.05, 3.63) is 41.4 Å². The molecule has 1 rings (SSSR count). The molecule has 1 amide bonds. The van der Waals surface area contributed by atoms with Crippen molar-refractivity contribution in [1.82, 2.24) is 0 Å². The van der Waals surface area contributed by atoms with Crippen molar-refractivity contribution < 1.29 is 4.79 Å². The number of anilines is 1. The Labute approximate surface area is 82.2 Å². The molecule has 0 fully saturated rings. The van der Waals surface area contributed by atoms with Gasteiger partial charge < -0.3 is 5.32 Å². The maximum atomic E-state index is 11.0. The van der Waals surface area contributed by atoms with Gasteiger partial charge in [0.15, 0.2) is 0 Å². The van der Waals surface area contributed by atoms with E-state index in [9.17, 15) is 4.79 Å². The van der Waals surface area contributed by atoms with E-state index in [2.05, 4.69) is 11.9 Å². The molecule has 0 radical (unpaired) electrons. The van der Waals surface area contributed by atoms with Gasteiger partial charge in [0.25, 0.3) is 0 Å². The Bertz CT molecular complexity index is 347. The molecule has 0 heterocycles. The first-order valence-electron chi connectivity index (χ1n) is 3.83. The van der Waals surface area contributed by atoms with Crippen LogP contribution in [0.4, 0.5) is 5.69 Å². The van der Waals surface area contributed by atoms with Gasteiger partial charge in [-0.25, -0.2) is 0 Å². The summed E-state index contributed by atoms with van der Waals surface area (Å²) in [5, 5.41) is 3.30. The zero-order valence-electron chi connectivity index (χ0n) is 7.30. The van der Waals surface area contributed by atoms with E-state index in [-0.39, 0.29) is 5.91 Å². The van der Waals surface area contributed by atoms with Crippen LogP contribution in [0.25, 0.3) is 0 Å². The van der Waals surface area contributed by atoms with Crippen molar-refractivity contribution in [2.75, 3.05) is 5.32 Å². The van der Waals surface area contributed by atoms with Crippen LogP contribution in [0.2, 0.25) is 5.02 Å². The highest BCUT2D eigenvalue weighted by molar-refractivity contribution is 6.31. The summed E-state index contributed by atoms with van der Waals surface area (Å²) in [5.74, 6) is -0.231. The van der Waals surface area contributed by atoms with Crippen molar-refractivity contribution in [2.24, 2.45) is 0 Å². The fourth-order valence-corrected chi connectivity index (χ4v) is 1.10. The van der Waals surface area contributed by atoms with Crippen molar-refractivity contribution in [3.63, 3.8) is 0 Å². The minimum absolute atomic E-state index is 0.231. The number of hydrogen-bond acceptors (Lipinski definition) is 1. The lowest BCUT2D eigenvalue weighted by atomic mass is 10.2. The minimum Gasteiger partial charge on any atom is -0.322 e. The molecule has 13 heavy (non-hydrogen) atoms. The van der Waals surface area contributed by atoms with Gasteiger partial charge in [0.2, 0.25) is 5.91 Å². The van der Waals surface area contributed by atoms with E-state index in [1.165, 1.54) is 6.08 Å². The second-order valence-electron chi connectivity index (χ2n) is 2.61. The van der Waals surface area contributed by atoms with E-state index in [0.717, 1.165) is 11.3 Å². The Kier molecular flexibility index (Phi) is 3.09. The number of rotatable bonds is 2. The average molecular weight is 196 g/mol. The fourth-order valence-electron chi connectivity index (χ4n) is 0.927. The van der Waals surface area contributed by atoms with Gasteiger partial charge in [0, 0.05) is 10.7 Å². The smallest absolute Gasteiger partial charge is 0.247 e. The molecule has 3 heteroatoms. The first-order chi connectivity index (χ1) is 6.15. The second-order valence-corrected chi connectivity index (χ2v) is 3.01. The summed E-state index contributed by atoms with van der Waals surface area (Å²) in [6.45, 7) is 5.21. The van der Waals surface area contributed by atoms with Crippen LogP contribution in [0.3, 0.4) is 0 Å². The van der Waals surface area contributed by atoms with E-state index >= 15 is 0 Å². The van der Waals surface area contributed by atoms with Gasteiger partial charge in [-0.3, -0.25) is 4.79 Å². The minimum atomic E-state index is -0.231. The summed E-state index contributed by atoms with van der Waals surface area (Å²) < 4.78 is 0. The number of benzene rings is 1. The van der Waals surface area contributed by atoms with Crippen molar-refractivity contribution in [2.45, 2.75) is 6.92 Å². The topological polar surface area (TPSA) is 29.1 Å². The van der Waals surface area contributed by atoms with Crippen molar-refractivity contribution >= 4 is 23.2 Å². The third-order valence-electron chi connectivity index (χ3n) is 1.71. The molecule has 1 N–H and O–H groups in total. The Morgan fingerprint density at radius 1 is 1.62 bits per heavy atom. The SMILES string of the molecule is C=CC(=O)Nc1cccc(Cl)c1C. The van der Waals surface area contributed by atoms with E-state index in [0.29, 0.717) is 5.02 Å². The third-order valence-corrected chi connectivity index (χ3v) is 2.12. The number of halogens is 1. The van der Waals surface area contributed by atoms with Crippen LogP contribution in [-0.4, -0.2) is 5.91 Å². The number of carbonyl (C=O) groups excluding carboxylic acids is 1. The Morgan fingerprint density at radius 2 is 2.31 bits per heavy atom. The number of nitrogens with one attached hydrogen (secondary N) is 1. The molecule has 68 valence electrons. The molecule has 0 unspecified atom stereocenters. The molecule has 0 aliphatic heterocycles. The lowest BCUT2D eigenvalue weighted by Gasteiger charge is -2.06. The summed E-state index contributed by atoms with van der Waals surface area (Å²) in [6, 6.07) is 5.36. The summed E-state index contributed by atoms with van der Waals surface area (Å²) >= 11 is 5.86. The van der Waals surface area contributed by atoms with Gasteiger partial charge in [0.05, 0.1) is 0 Å². The van der Waals surface area contributed by atoms with Gasteiger partial charge in [0.1, 0.15) is 0 Å². The quantitative estimate of drug-likeness (QED) is 0.723. The zero-order chi connectivity index (χ0) is 9.84. The fraction of sp³-hybridized carbons (Fsp3) is 0.100. The molecule has 0 spiro atoms. The zero-order valence-corrected chi connectivity index (χ0v) is 8.06. The maximum Gasteiger partial charge on any atom is 0.247 e. The van der Waals surface area contributed by atoms with E-state index in [1.54, 1.807) is 18.2 Å². The molecule has 0 bridgehead atoms. The molecule has 2 nitrogen and oxygen atoms in total. The lowest BCUT2D eigenvalue weighted by molar-refractivity contribution is -0.111. The molecule has 1 aromatic rings. The summed E-state index contributed by atoms with van der Waals surface area (Å²) in [6.07, 6.45) is 1.22. The largest absolute Gasteiger partial charge is 0.322 e. The van der Waals surface area contributed by atoms with Crippen LogP contribution >= 0.6 is 11.6 Å². The van der Waals surface area contributed by atoms with Gasteiger partial charge >= 0.3 is 0 Å². The first kappa shape index (κ1) is 9.81. The normalized spacial score (nSPS) is 9.38. The van der Waals surface area contributed by atoms with Crippen LogP contribution in [0.15, 0.2) is 30.9 Å². The molecular weight excluding hydrogens is 186 g/mol. The maximum absolute atomic E-state index is 11.0. The summed E-state index contributed by atoms with van der Waals surface area (Å²) in [5.41, 5.74) is 1.58. The van der Waals surface area contributed by atoms with Crippen LogP contribution in [0.5, 0.6) is 0 Å². The Morgan fingerprint density at radius 3 is 2.92 bits per heavy atom.